The molecule has 3 rings (SSSR count). The Kier molecular flexibility index (Phi) is 14.8. The highest BCUT2D eigenvalue weighted by molar-refractivity contribution is 5.90. The third-order valence-corrected chi connectivity index (χ3v) is 8.81. The van der Waals surface area contributed by atoms with Gasteiger partial charge in [0.2, 0.25) is 5.91 Å². The number of aliphatic hydroxyl groups excluding tert-OH is 2. The van der Waals surface area contributed by atoms with Gasteiger partial charge in [0.25, 0.3) is 0 Å². The monoisotopic (exact) mass is 690 g/mol. The lowest BCUT2D eigenvalue weighted by atomic mass is 9.84. The summed E-state index contributed by atoms with van der Waals surface area (Å²) < 4.78 is 5.43. The van der Waals surface area contributed by atoms with Crippen LogP contribution in [0.4, 0.5) is 9.59 Å². The highest BCUT2D eigenvalue weighted by atomic mass is 16.6. The molecule has 0 saturated heterocycles. The maximum atomic E-state index is 14.2. The summed E-state index contributed by atoms with van der Waals surface area (Å²) in [6, 6.07) is 26.4. The number of amides is 3. The molecular formula is C39H54N4O7. The molecule has 0 aromatic heterocycles. The van der Waals surface area contributed by atoms with E-state index in [9.17, 15) is 29.7 Å². The number of ether oxygens (including phenoxy) is 1. The smallest absolute Gasteiger partial charge is 0.408 e. The van der Waals surface area contributed by atoms with Crippen molar-refractivity contribution in [2.24, 2.45) is 5.92 Å². The Morgan fingerprint density at radius 1 is 0.700 bits per heavy atom. The first-order valence-corrected chi connectivity index (χ1v) is 17.1. The molecule has 5 atom stereocenters. The zero-order valence-electron chi connectivity index (χ0n) is 30.0. The number of aliphatic hydroxyl groups is 2. The molecule has 11 heteroatoms. The standard InChI is InChI=1S/C39H54N4O7/c1-27(2)39(6,43(37(48)49)26-30-20-14-9-15-21-30)35(46)41-31(22-28-16-10-7-11-17-28)33(44)24-40-25-34(45)32(23-29-18-12-8-13-19-29)42-36(47)50-38(3,4)5/h7-21,27,31-34,40,44-45H,22-26H2,1-6H3,(H,41,46)(H,42,47)(H,48,49)/t31-,32-,33+,34+,39?/m0/s1. The molecule has 0 spiro atoms. The first-order valence-electron chi connectivity index (χ1n) is 17.1. The number of benzene rings is 3. The Bertz CT molecular complexity index is 1480. The molecular weight excluding hydrogens is 636 g/mol. The van der Waals surface area contributed by atoms with Crippen LogP contribution in [0.2, 0.25) is 0 Å². The van der Waals surface area contributed by atoms with E-state index in [1.807, 2.05) is 91.0 Å². The molecule has 0 bridgehead atoms. The predicted molar refractivity (Wildman–Crippen MR) is 194 cm³/mol. The van der Waals surface area contributed by atoms with Crippen LogP contribution in [0.3, 0.4) is 0 Å². The number of carbonyl (C=O) groups is 3. The molecule has 0 radical (unpaired) electrons. The minimum Gasteiger partial charge on any atom is -0.465 e. The van der Waals surface area contributed by atoms with Crippen LogP contribution in [-0.4, -0.2) is 86.8 Å². The van der Waals surface area contributed by atoms with Crippen LogP contribution in [0, 0.1) is 5.92 Å². The molecule has 1 unspecified atom stereocenters. The van der Waals surface area contributed by atoms with Gasteiger partial charge < -0.3 is 36.0 Å². The Hall–Kier alpha value is -4.45. The van der Waals surface area contributed by atoms with E-state index < -0.39 is 59.4 Å². The topological polar surface area (TPSA) is 160 Å². The van der Waals surface area contributed by atoms with Crippen molar-refractivity contribution in [1.82, 2.24) is 20.9 Å². The molecule has 0 aliphatic heterocycles. The average Bonchev–Trinajstić information content (AvgIpc) is 3.06. The maximum Gasteiger partial charge on any atom is 0.408 e. The van der Waals surface area contributed by atoms with Crippen LogP contribution in [0.15, 0.2) is 91.0 Å². The Labute approximate surface area is 296 Å². The second-order valence-corrected chi connectivity index (χ2v) is 14.2. The summed E-state index contributed by atoms with van der Waals surface area (Å²) in [6.45, 7) is 10.5. The number of hydrogen-bond donors (Lipinski definition) is 6. The van der Waals surface area contributed by atoms with Gasteiger partial charge in [-0.3, -0.25) is 9.69 Å². The summed E-state index contributed by atoms with van der Waals surface area (Å²) >= 11 is 0. The van der Waals surface area contributed by atoms with Gasteiger partial charge in [0.1, 0.15) is 11.1 Å². The zero-order valence-corrected chi connectivity index (χ0v) is 30.0. The first kappa shape index (κ1) is 40.0. The number of nitrogens with one attached hydrogen (secondary N) is 3. The second-order valence-electron chi connectivity index (χ2n) is 14.2. The van der Waals surface area contributed by atoms with Crippen LogP contribution in [-0.2, 0) is 28.9 Å². The van der Waals surface area contributed by atoms with E-state index in [1.165, 1.54) is 0 Å². The van der Waals surface area contributed by atoms with Gasteiger partial charge in [0.15, 0.2) is 0 Å². The van der Waals surface area contributed by atoms with Crippen molar-refractivity contribution in [3.63, 3.8) is 0 Å². The number of hydrogen-bond acceptors (Lipinski definition) is 7. The molecule has 0 aliphatic rings. The van der Waals surface area contributed by atoms with Crippen LogP contribution in [0.5, 0.6) is 0 Å². The Morgan fingerprint density at radius 3 is 1.52 bits per heavy atom. The molecule has 0 heterocycles. The van der Waals surface area contributed by atoms with E-state index in [2.05, 4.69) is 16.0 Å². The highest BCUT2D eigenvalue weighted by Crippen LogP contribution is 2.28. The van der Waals surface area contributed by atoms with E-state index in [-0.39, 0.29) is 26.1 Å². The van der Waals surface area contributed by atoms with E-state index in [0.717, 1.165) is 21.6 Å². The molecule has 3 aromatic rings. The largest absolute Gasteiger partial charge is 0.465 e. The average molecular weight is 691 g/mol. The van der Waals surface area contributed by atoms with E-state index in [0.29, 0.717) is 6.42 Å². The number of carboxylic acid groups (broad SMARTS) is 1. The fourth-order valence-electron chi connectivity index (χ4n) is 5.63. The molecule has 6 N–H and O–H groups in total. The summed E-state index contributed by atoms with van der Waals surface area (Å²) in [7, 11) is 0. The van der Waals surface area contributed by atoms with Crippen molar-refractivity contribution >= 4 is 18.1 Å². The van der Waals surface area contributed by atoms with Crippen molar-refractivity contribution in [2.75, 3.05) is 13.1 Å². The summed E-state index contributed by atoms with van der Waals surface area (Å²) in [5.74, 6) is -0.945. The minimum atomic E-state index is -1.47. The summed E-state index contributed by atoms with van der Waals surface area (Å²) in [4.78, 5) is 40.6. The van der Waals surface area contributed by atoms with Gasteiger partial charge in [-0.1, -0.05) is 105 Å². The van der Waals surface area contributed by atoms with Gasteiger partial charge >= 0.3 is 12.2 Å². The quantitative estimate of drug-likeness (QED) is 0.118. The molecule has 272 valence electrons. The van der Waals surface area contributed by atoms with Crippen molar-refractivity contribution in [3.8, 4) is 0 Å². The molecule has 0 saturated carbocycles. The number of alkyl carbamates (subject to hydrolysis) is 1. The van der Waals surface area contributed by atoms with Crippen LogP contribution in [0.25, 0.3) is 0 Å². The third-order valence-electron chi connectivity index (χ3n) is 8.81. The van der Waals surface area contributed by atoms with E-state index in [1.54, 1.807) is 41.5 Å². The summed E-state index contributed by atoms with van der Waals surface area (Å²) in [5, 5.41) is 41.8. The summed E-state index contributed by atoms with van der Waals surface area (Å²) in [6.07, 6.45) is -3.45. The van der Waals surface area contributed by atoms with Crippen molar-refractivity contribution < 1.29 is 34.4 Å². The van der Waals surface area contributed by atoms with Crippen LogP contribution in [0.1, 0.15) is 58.2 Å². The van der Waals surface area contributed by atoms with Crippen LogP contribution >= 0.6 is 0 Å². The number of rotatable bonds is 17. The maximum absolute atomic E-state index is 14.2. The van der Waals surface area contributed by atoms with E-state index in [4.69, 9.17) is 4.74 Å². The molecule has 3 amide bonds. The van der Waals surface area contributed by atoms with Crippen LogP contribution < -0.4 is 16.0 Å². The predicted octanol–water partition coefficient (Wildman–Crippen LogP) is 4.76. The lowest BCUT2D eigenvalue weighted by Crippen LogP contribution is -2.64. The zero-order chi connectivity index (χ0) is 36.9. The van der Waals surface area contributed by atoms with Gasteiger partial charge in [0, 0.05) is 13.1 Å². The first-order chi connectivity index (χ1) is 23.6. The molecule has 0 fully saturated rings. The van der Waals surface area contributed by atoms with Gasteiger partial charge in [0.05, 0.1) is 30.8 Å². The lowest BCUT2D eigenvalue weighted by Gasteiger charge is -2.42. The number of carbonyl (C=O) groups excluding carboxylic acids is 2. The van der Waals surface area contributed by atoms with Crippen molar-refractivity contribution in [1.29, 1.82) is 0 Å². The lowest BCUT2D eigenvalue weighted by molar-refractivity contribution is -0.136. The minimum absolute atomic E-state index is 0.00506. The van der Waals surface area contributed by atoms with Gasteiger partial charge in [-0.2, -0.15) is 0 Å². The third kappa shape index (κ3) is 12.2. The van der Waals surface area contributed by atoms with Gasteiger partial charge in [-0.25, -0.2) is 9.59 Å². The Balaban J connectivity index is 1.77. The fraction of sp³-hybridized carbons (Fsp3) is 0.462. The summed E-state index contributed by atoms with van der Waals surface area (Å²) in [5.41, 5.74) is 0.325. The van der Waals surface area contributed by atoms with Crippen molar-refractivity contribution in [3.05, 3.63) is 108 Å². The van der Waals surface area contributed by atoms with Crippen molar-refractivity contribution in [2.45, 2.75) is 96.4 Å². The second kappa shape index (κ2) is 18.5. The molecule has 50 heavy (non-hydrogen) atoms. The number of nitrogens with zero attached hydrogens (tertiary/aromatic N) is 1. The van der Waals surface area contributed by atoms with E-state index >= 15 is 0 Å². The molecule has 3 aromatic carbocycles. The molecule has 11 nitrogen and oxygen atoms in total. The Morgan fingerprint density at radius 2 is 1.12 bits per heavy atom. The van der Waals surface area contributed by atoms with Gasteiger partial charge in [-0.15, -0.1) is 0 Å². The molecule has 0 aliphatic carbocycles. The SMILES string of the molecule is CC(C)C(C)(C(=O)N[C@@H](Cc1ccccc1)[C@H](O)CNC[C@@H](O)[C@H](Cc1ccccc1)NC(=O)OC(C)(C)C)N(Cc1ccccc1)C(=O)O. The van der Waals surface area contributed by atoms with Gasteiger partial charge in [-0.05, 0) is 63.1 Å². The normalized spacial score (nSPS) is 15.2. The highest BCUT2D eigenvalue weighted by Gasteiger charge is 2.46. The fourth-order valence-corrected chi connectivity index (χ4v) is 5.63.